The standard InChI is InChI=1S/C17H16N2O4S/c1-12-2-4-14(5-3-12)22-8-6-16(21)23-11-13-10-15(20)19-7-9-24-17(19)18-13/h2-5,7,9-10H,6,8,11H2,1H3. The van der Waals surface area contributed by atoms with E-state index in [9.17, 15) is 9.59 Å². The van der Waals surface area contributed by atoms with E-state index in [-0.39, 0.29) is 25.2 Å². The maximum Gasteiger partial charge on any atom is 0.309 e. The molecule has 2 heterocycles. The van der Waals surface area contributed by atoms with Crippen molar-refractivity contribution in [1.82, 2.24) is 9.38 Å². The van der Waals surface area contributed by atoms with Crippen LogP contribution in [0.2, 0.25) is 0 Å². The van der Waals surface area contributed by atoms with Gasteiger partial charge in [-0.3, -0.25) is 14.0 Å². The van der Waals surface area contributed by atoms with Crippen molar-refractivity contribution < 1.29 is 14.3 Å². The molecule has 0 fully saturated rings. The molecule has 0 N–H and O–H groups in total. The van der Waals surface area contributed by atoms with Crippen LogP contribution in [-0.2, 0) is 16.1 Å². The Morgan fingerprint density at radius 1 is 1.29 bits per heavy atom. The number of aryl methyl sites for hydroxylation is 1. The number of fused-ring (bicyclic) bond motifs is 1. The lowest BCUT2D eigenvalue weighted by Gasteiger charge is -2.07. The van der Waals surface area contributed by atoms with Crippen LogP contribution in [0.4, 0.5) is 0 Å². The molecule has 1 aromatic carbocycles. The summed E-state index contributed by atoms with van der Waals surface area (Å²) in [4.78, 5) is 28.4. The Morgan fingerprint density at radius 3 is 2.88 bits per heavy atom. The minimum atomic E-state index is -0.393. The molecule has 6 nitrogen and oxygen atoms in total. The smallest absolute Gasteiger partial charge is 0.309 e. The molecule has 3 aromatic rings. The molecule has 24 heavy (non-hydrogen) atoms. The zero-order valence-corrected chi connectivity index (χ0v) is 13.9. The van der Waals surface area contributed by atoms with Crippen LogP contribution >= 0.6 is 11.3 Å². The van der Waals surface area contributed by atoms with Gasteiger partial charge in [0.2, 0.25) is 0 Å². The number of carbonyl (C=O) groups excluding carboxylic acids is 1. The number of ether oxygens (including phenoxy) is 2. The van der Waals surface area contributed by atoms with Crippen LogP contribution in [0, 0.1) is 6.92 Å². The molecule has 0 aliphatic rings. The zero-order chi connectivity index (χ0) is 16.9. The molecule has 0 saturated heterocycles. The molecular weight excluding hydrogens is 328 g/mol. The number of thiazole rings is 1. The molecule has 0 saturated carbocycles. The van der Waals surface area contributed by atoms with Gasteiger partial charge in [-0.15, -0.1) is 11.3 Å². The van der Waals surface area contributed by atoms with Crippen molar-refractivity contribution in [3.8, 4) is 5.75 Å². The lowest BCUT2D eigenvalue weighted by Crippen LogP contribution is -2.15. The maximum atomic E-state index is 11.8. The van der Waals surface area contributed by atoms with Gasteiger partial charge in [0.05, 0.1) is 18.7 Å². The Bertz CT molecular complexity index is 899. The van der Waals surface area contributed by atoms with Crippen molar-refractivity contribution in [3.63, 3.8) is 0 Å². The molecule has 0 bridgehead atoms. The quantitative estimate of drug-likeness (QED) is 0.643. The molecule has 2 aromatic heterocycles. The van der Waals surface area contributed by atoms with E-state index in [0.29, 0.717) is 16.4 Å². The minimum absolute atomic E-state index is 0.0208. The highest BCUT2D eigenvalue weighted by Crippen LogP contribution is 2.12. The summed E-state index contributed by atoms with van der Waals surface area (Å²) >= 11 is 1.35. The van der Waals surface area contributed by atoms with Gasteiger partial charge in [-0.1, -0.05) is 17.7 Å². The first-order valence-electron chi connectivity index (χ1n) is 7.43. The van der Waals surface area contributed by atoms with Crippen LogP contribution in [0.15, 0.2) is 46.7 Å². The summed E-state index contributed by atoms with van der Waals surface area (Å²) in [5, 5.41) is 1.78. The summed E-state index contributed by atoms with van der Waals surface area (Å²) in [6.07, 6.45) is 1.79. The first-order chi connectivity index (χ1) is 11.6. The second-order valence-corrected chi connectivity index (χ2v) is 6.09. The van der Waals surface area contributed by atoms with Crippen molar-refractivity contribution in [2.75, 3.05) is 6.61 Å². The van der Waals surface area contributed by atoms with Gasteiger partial charge in [-0.25, -0.2) is 4.98 Å². The Morgan fingerprint density at radius 2 is 2.08 bits per heavy atom. The fourth-order valence-corrected chi connectivity index (χ4v) is 2.81. The Hall–Kier alpha value is -2.67. The highest BCUT2D eigenvalue weighted by atomic mass is 32.1. The second-order valence-electron chi connectivity index (χ2n) is 5.21. The maximum absolute atomic E-state index is 11.8. The van der Waals surface area contributed by atoms with Crippen molar-refractivity contribution in [1.29, 1.82) is 0 Å². The van der Waals surface area contributed by atoms with Crippen LogP contribution in [0.1, 0.15) is 17.7 Å². The highest BCUT2D eigenvalue weighted by molar-refractivity contribution is 7.15. The van der Waals surface area contributed by atoms with E-state index in [1.807, 2.05) is 31.2 Å². The van der Waals surface area contributed by atoms with Gasteiger partial charge in [0.25, 0.3) is 5.56 Å². The molecule has 0 unspecified atom stereocenters. The first-order valence-corrected chi connectivity index (χ1v) is 8.31. The van der Waals surface area contributed by atoms with E-state index in [1.54, 1.807) is 11.6 Å². The molecule has 0 aliphatic heterocycles. The predicted molar refractivity (Wildman–Crippen MR) is 90.4 cm³/mol. The Kier molecular flexibility index (Phi) is 4.90. The van der Waals surface area contributed by atoms with Crippen molar-refractivity contribution >= 4 is 22.3 Å². The molecule has 3 rings (SSSR count). The largest absolute Gasteiger partial charge is 0.493 e. The third-order valence-electron chi connectivity index (χ3n) is 3.33. The summed E-state index contributed by atoms with van der Waals surface area (Å²) in [5.41, 5.74) is 1.40. The van der Waals surface area contributed by atoms with E-state index >= 15 is 0 Å². The highest BCUT2D eigenvalue weighted by Gasteiger charge is 2.08. The summed E-state index contributed by atoms with van der Waals surface area (Å²) < 4.78 is 12.1. The first kappa shape index (κ1) is 16.2. The number of hydrogen-bond acceptors (Lipinski definition) is 6. The molecule has 0 amide bonds. The molecule has 0 aliphatic carbocycles. The summed E-state index contributed by atoms with van der Waals surface area (Å²) in [6, 6.07) is 8.97. The normalized spacial score (nSPS) is 10.7. The predicted octanol–water partition coefficient (Wildman–Crippen LogP) is 2.58. The number of rotatable bonds is 6. The van der Waals surface area contributed by atoms with Gasteiger partial charge in [0.15, 0.2) is 4.96 Å². The number of esters is 1. The van der Waals surface area contributed by atoms with E-state index < -0.39 is 5.97 Å². The summed E-state index contributed by atoms with van der Waals surface area (Å²) in [5.74, 6) is 0.321. The van der Waals surface area contributed by atoms with Gasteiger partial charge >= 0.3 is 5.97 Å². The van der Waals surface area contributed by atoms with Crippen LogP contribution in [0.25, 0.3) is 4.96 Å². The van der Waals surface area contributed by atoms with Crippen LogP contribution < -0.4 is 10.3 Å². The topological polar surface area (TPSA) is 69.9 Å². The average Bonchev–Trinajstić information content (AvgIpc) is 3.04. The fourth-order valence-electron chi connectivity index (χ4n) is 2.08. The average molecular weight is 344 g/mol. The van der Waals surface area contributed by atoms with Crippen LogP contribution in [-0.4, -0.2) is 22.0 Å². The monoisotopic (exact) mass is 344 g/mol. The Balaban J connectivity index is 1.48. The lowest BCUT2D eigenvalue weighted by molar-refractivity contribution is -0.145. The summed E-state index contributed by atoms with van der Waals surface area (Å²) in [6.45, 7) is 2.21. The van der Waals surface area contributed by atoms with Crippen LogP contribution in [0.5, 0.6) is 5.75 Å². The van der Waals surface area contributed by atoms with Gasteiger partial charge in [0, 0.05) is 17.6 Å². The molecular formula is C17H16N2O4S. The van der Waals surface area contributed by atoms with E-state index in [0.717, 1.165) is 5.56 Å². The second kappa shape index (κ2) is 7.27. The van der Waals surface area contributed by atoms with Gasteiger partial charge in [-0.2, -0.15) is 0 Å². The molecule has 0 radical (unpaired) electrons. The van der Waals surface area contributed by atoms with E-state index in [2.05, 4.69) is 4.98 Å². The van der Waals surface area contributed by atoms with Crippen molar-refractivity contribution in [2.24, 2.45) is 0 Å². The SMILES string of the molecule is Cc1ccc(OCCC(=O)OCc2cc(=O)n3ccsc3n2)cc1. The van der Waals surface area contributed by atoms with Crippen LogP contribution in [0.3, 0.4) is 0 Å². The van der Waals surface area contributed by atoms with Gasteiger partial charge in [-0.05, 0) is 19.1 Å². The number of carbonyl (C=O) groups is 1. The zero-order valence-electron chi connectivity index (χ0n) is 13.1. The van der Waals surface area contributed by atoms with E-state index in [4.69, 9.17) is 9.47 Å². The minimum Gasteiger partial charge on any atom is -0.493 e. The lowest BCUT2D eigenvalue weighted by atomic mass is 10.2. The third kappa shape index (κ3) is 3.99. The van der Waals surface area contributed by atoms with Crippen molar-refractivity contribution in [2.45, 2.75) is 20.0 Å². The number of nitrogens with zero attached hydrogens (tertiary/aromatic N) is 2. The number of aromatic nitrogens is 2. The molecule has 0 atom stereocenters. The molecule has 7 heteroatoms. The molecule has 124 valence electrons. The van der Waals surface area contributed by atoms with Gasteiger partial charge in [0.1, 0.15) is 12.4 Å². The van der Waals surface area contributed by atoms with E-state index in [1.165, 1.54) is 21.8 Å². The fraction of sp³-hybridized carbons (Fsp3) is 0.235. The summed E-state index contributed by atoms with van der Waals surface area (Å²) in [7, 11) is 0. The molecule has 0 spiro atoms. The van der Waals surface area contributed by atoms with Crippen molar-refractivity contribution in [3.05, 3.63) is 63.5 Å². The van der Waals surface area contributed by atoms with Gasteiger partial charge < -0.3 is 9.47 Å². The number of hydrogen-bond donors (Lipinski definition) is 0. The number of benzene rings is 1. The third-order valence-corrected chi connectivity index (χ3v) is 4.09. The Labute approximate surface area is 142 Å².